The van der Waals surface area contributed by atoms with Crippen LogP contribution in [0.3, 0.4) is 0 Å². The first-order valence-corrected chi connectivity index (χ1v) is 9.74. The Labute approximate surface area is 140 Å². The molecule has 3 fully saturated rings. The molecule has 4 rings (SSSR count). The number of Topliss-reactive ketones (excluding diaryl/α,β-unsaturated/α-hetero) is 1. The van der Waals surface area contributed by atoms with Crippen LogP contribution in [0, 0.1) is 40.4 Å². The second kappa shape index (κ2) is 5.18. The van der Waals surface area contributed by atoms with E-state index in [1.807, 2.05) is 6.92 Å². The molecular formula is C21H32O2. The van der Waals surface area contributed by atoms with Crippen molar-refractivity contribution in [3.05, 3.63) is 12.2 Å². The van der Waals surface area contributed by atoms with Crippen LogP contribution in [0.1, 0.15) is 65.7 Å². The second-order valence-corrected chi connectivity index (χ2v) is 9.46. The van der Waals surface area contributed by atoms with Crippen LogP contribution >= 0.6 is 0 Å². The normalized spacial score (nSPS) is 55.0. The Bertz CT molecular complexity index is 538. The highest BCUT2D eigenvalue weighted by atomic mass is 16.3. The smallest absolute Gasteiger partial charge is 0.133 e. The van der Waals surface area contributed by atoms with Crippen LogP contribution in [-0.4, -0.2) is 17.0 Å². The van der Waals surface area contributed by atoms with Crippen LogP contribution in [-0.2, 0) is 4.79 Å². The molecule has 3 saturated carbocycles. The summed E-state index contributed by atoms with van der Waals surface area (Å²) in [5.74, 6) is 3.68. The number of carbonyl (C=O) groups is 1. The second-order valence-electron chi connectivity index (χ2n) is 9.46. The van der Waals surface area contributed by atoms with E-state index in [1.54, 1.807) is 0 Å². The van der Waals surface area contributed by atoms with Crippen molar-refractivity contribution in [1.82, 2.24) is 0 Å². The quantitative estimate of drug-likeness (QED) is 0.729. The standard InChI is InChI=1S/C21H32O2/c1-13(22)17-6-7-18-16-5-4-14-12-15(23)8-10-20(14,2)19(16)9-11-21(17,18)3/h8,10,14-19,23H,4-7,9,11-12H2,1-3H3/t14-,15-,16+,17-,18+,19+,20+,21-/m1/s1. The Hall–Kier alpha value is -0.630. The van der Waals surface area contributed by atoms with E-state index < -0.39 is 0 Å². The molecule has 0 aromatic carbocycles. The van der Waals surface area contributed by atoms with Crippen LogP contribution in [0.25, 0.3) is 0 Å². The number of carbonyl (C=O) groups excluding carboxylic acids is 1. The molecule has 0 aromatic rings. The van der Waals surface area contributed by atoms with Crippen LogP contribution < -0.4 is 0 Å². The minimum absolute atomic E-state index is 0.230. The van der Waals surface area contributed by atoms with Crippen molar-refractivity contribution in [3.8, 4) is 0 Å². The van der Waals surface area contributed by atoms with E-state index in [-0.39, 0.29) is 16.9 Å². The summed E-state index contributed by atoms with van der Waals surface area (Å²) in [4.78, 5) is 12.2. The average Bonchev–Trinajstić information content (AvgIpc) is 2.85. The van der Waals surface area contributed by atoms with E-state index in [0.717, 1.165) is 30.6 Å². The predicted molar refractivity (Wildman–Crippen MR) is 91.8 cm³/mol. The fourth-order valence-electron chi connectivity index (χ4n) is 7.46. The van der Waals surface area contributed by atoms with Gasteiger partial charge in [0.2, 0.25) is 0 Å². The maximum Gasteiger partial charge on any atom is 0.133 e. The molecule has 0 saturated heterocycles. The summed E-state index contributed by atoms with van der Waals surface area (Å²) in [6.07, 6.45) is 12.6. The Morgan fingerprint density at radius 3 is 2.61 bits per heavy atom. The van der Waals surface area contributed by atoms with Gasteiger partial charge in [0.15, 0.2) is 0 Å². The van der Waals surface area contributed by atoms with Gasteiger partial charge < -0.3 is 5.11 Å². The summed E-state index contributed by atoms with van der Waals surface area (Å²) in [5.41, 5.74) is 0.534. The lowest BCUT2D eigenvalue weighted by molar-refractivity contribution is -0.129. The maximum atomic E-state index is 12.2. The molecule has 2 heteroatoms. The van der Waals surface area contributed by atoms with Crippen molar-refractivity contribution in [3.63, 3.8) is 0 Å². The Morgan fingerprint density at radius 2 is 1.87 bits per heavy atom. The Kier molecular flexibility index (Phi) is 3.58. The number of aliphatic hydroxyl groups is 1. The fraction of sp³-hybridized carbons (Fsp3) is 0.857. The molecule has 0 spiro atoms. The summed E-state index contributed by atoms with van der Waals surface area (Å²) >= 11 is 0. The molecule has 0 radical (unpaired) electrons. The molecule has 23 heavy (non-hydrogen) atoms. The van der Waals surface area contributed by atoms with Crippen molar-refractivity contribution in [2.45, 2.75) is 71.8 Å². The lowest BCUT2D eigenvalue weighted by atomic mass is 9.46. The minimum Gasteiger partial charge on any atom is -0.389 e. The first kappa shape index (κ1) is 15.9. The van der Waals surface area contributed by atoms with Gasteiger partial charge in [-0.25, -0.2) is 0 Å². The van der Waals surface area contributed by atoms with Crippen LogP contribution in [0.4, 0.5) is 0 Å². The third kappa shape index (κ3) is 2.13. The van der Waals surface area contributed by atoms with Gasteiger partial charge in [-0.3, -0.25) is 4.79 Å². The lowest BCUT2D eigenvalue weighted by Crippen LogP contribution is -2.53. The van der Waals surface area contributed by atoms with Crippen molar-refractivity contribution >= 4 is 5.78 Å². The van der Waals surface area contributed by atoms with Gasteiger partial charge in [0.25, 0.3) is 0 Å². The van der Waals surface area contributed by atoms with Gasteiger partial charge in [0.05, 0.1) is 6.10 Å². The number of rotatable bonds is 1. The van der Waals surface area contributed by atoms with E-state index in [1.165, 1.54) is 32.1 Å². The summed E-state index contributed by atoms with van der Waals surface area (Å²) in [5, 5.41) is 10.0. The van der Waals surface area contributed by atoms with E-state index >= 15 is 0 Å². The van der Waals surface area contributed by atoms with Gasteiger partial charge in [0.1, 0.15) is 5.78 Å². The number of allylic oxidation sites excluding steroid dienone is 1. The molecule has 8 atom stereocenters. The molecule has 128 valence electrons. The molecule has 0 unspecified atom stereocenters. The van der Waals surface area contributed by atoms with E-state index in [0.29, 0.717) is 17.6 Å². The molecule has 2 nitrogen and oxygen atoms in total. The van der Waals surface area contributed by atoms with Crippen LogP contribution in [0.5, 0.6) is 0 Å². The molecule has 0 aromatic heterocycles. The predicted octanol–water partition coefficient (Wildman–Crippen LogP) is 4.37. The van der Waals surface area contributed by atoms with Crippen LogP contribution in [0.2, 0.25) is 0 Å². The van der Waals surface area contributed by atoms with E-state index in [2.05, 4.69) is 26.0 Å². The molecule has 0 amide bonds. The summed E-state index contributed by atoms with van der Waals surface area (Å²) in [7, 11) is 0. The average molecular weight is 316 g/mol. The largest absolute Gasteiger partial charge is 0.389 e. The molecule has 0 aliphatic heterocycles. The van der Waals surface area contributed by atoms with Crippen molar-refractivity contribution < 1.29 is 9.90 Å². The van der Waals surface area contributed by atoms with Crippen molar-refractivity contribution in [2.24, 2.45) is 40.4 Å². The van der Waals surface area contributed by atoms with Gasteiger partial charge >= 0.3 is 0 Å². The number of ketones is 1. The minimum atomic E-state index is -0.230. The molecular weight excluding hydrogens is 284 g/mol. The number of hydrogen-bond donors (Lipinski definition) is 1. The van der Waals surface area contributed by atoms with Gasteiger partial charge in [-0.05, 0) is 86.4 Å². The molecule has 1 N–H and O–H groups in total. The highest BCUT2D eigenvalue weighted by molar-refractivity contribution is 5.79. The highest BCUT2D eigenvalue weighted by Gasteiger charge is 2.60. The summed E-state index contributed by atoms with van der Waals surface area (Å²) < 4.78 is 0. The Balaban J connectivity index is 1.65. The van der Waals surface area contributed by atoms with Crippen molar-refractivity contribution in [2.75, 3.05) is 0 Å². The molecule has 0 bridgehead atoms. The molecule has 0 heterocycles. The van der Waals surface area contributed by atoms with Gasteiger partial charge in [-0.2, -0.15) is 0 Å². The summed E-state index contributed by atoms with van der Waals surface area (Å²) in [6, 6.07) is 0. The van der Waals surface area contributed by atoms with Crippen LogP contribution in [0.15, 0.2) is 12.2 Å². The van der Waals surface area contributed by atoms with Gasteiger partial charge in [0, 0.05) is 5.92 Å². The fourth-order valence-corrected chi connectivity index (χ4v) is 7.46. The SMILES string of the molecule is CC(=O)[C@H]1CC[C@H]2[C@@H]3CC[C@@H]4C[C@H](O)C=C[C@]4(C)[C@H]3CC[C@]12C. The highest BCUT2D eigenvalue weighted by Crippen LogP contribution is 2.66. The van der Waals surface area contributed by atoms with E-state index in [4.69, 9.17) is 0 Å². The van der Waals surface area contributed by atoms with E-state index in [9.17, 15) is 9.90 Å². The first-order chi connectivity index (χ1) is 10.9. The Morgan fingerprint density at radius 1 is 1.09 bits per heavy atom. The monoisotopic (exact) mass is 316 g/mol. The lowest BCUT2D eigenvalue weighted by Gasteiger charge is -2.59. The molecule has 4 aliphatic carbocycles. The van der Waals surface area contributed by atoms with Gasteiger partial charge in [-0.1, -0.05) is 26.0 Å². The zero-order chi connectivity index (χ0) is 16.4. The van der Waals surface area contributed by atoms with Crippen molar-refractivity contribution in [1.29, 1.82) is 0 Å². The van der Waals surface area contributed by atoms with Gasteiger partial charge in [-0.15, -0.1) is 0 Å². The number of hydrogen-bond acceptors (Lipinski definition) is 2. The molecule has 4 aliphatic rings. The zero-order valence-corrected chi connectivity index (χ0v) is 14.9. The topological polar surface area (TPSA) is 37.3 Å². The third-order valence-corrected chi connectivity index (χ3v) is 8.66. The number of fused-ring (bicyclic) bond motifs is 5. The third-order valence-electron chi connectivity index (χ3n) is 8.66. The number of aliphatic hydroxyl groups excluding tert-OH is 1. The zero-order valence-electron chi connectivity index (χ0n) is 14.9. The summed E-state index contributed by atoms with van der Waals surface area (Å²) in [6.45, 7) is 6.69. The first-order valence-electron chi connectivity index (χ1n) is 9.74. The maximum absolute atomic E-state index is 12.2.